The van der Waals surface area contributed by atoms with Crippen molar-refractivity contribution in [1.82, 2.24) is 9.55 Å². The van der Waals surface area contributed by atoms with Gasteiger partial charge in [0.25, 0.3) is 5.91 Å². The molecule has 1 spiro atoms. The lowest BCUT2D eigenvalue weighted by Crippen LogP contribution is -2.55. The monoisotopic (exact) mass is 517 g/mol. The second-order valence-electron chi connectivity index (χ2n) is 9.62. The number of primary amides is 1. The minimum absolute atomic E-state index is 0.00200. The zero-order valence-corrected chi connectivity index (χ0v) is 20.1. The van der Waals surface area contributed by atoms with Gasteiger partial charge in [0.1, 0.15) is 28.8 Å². The van der Waals surface area contributed by atoms with Crippen molar-refractivity contribution in [3.05, 3.63) is 76.1 Å². The van der Waals surface area contributed by atoms with E-state index in [9.17, 15) is 22.8 Å². The molecule has 1 aliphatic heterocycles. The van der Waals surface area contributed by atoms with Gasteiger partial charge >= 0.3 is 0 Å². The summed E-state index contributed by atoms with van der Waals surface area (Å²) in [4.78, 5) is 30.5. The highest BCUT2D eigenvalue weighted by Crippen LogP contribution is 2.53. The molecule has 2 aromatic carbocycles. The fraction of sp³-hybridized carbons (Fsp3) is 0.320. The van der Waals surface area contributed by atoms with Crippen LogP contribution in [0.1, 0.15) is 51.7 Å². The number of anilines is 2. The zero-order chi connectivity index (χ0) is 25.8. The first-order chi connectivity index (χ1) is 17.1. The van der Waals surface area contributed by atoms with Gasteiger partial charge in [-0.25, -0.2) is 18.2 Å². The predicted molar refractivity (Wildman–Crippen MR) is 129 cm³/mol. The molecule has 1 aromatic heterocycles. The molecule has 36 heavy (non-hydrogen) atoms. The molecule has 2 fully saturated rings. The summed E-state index contributed by atoms with van der Waals surface area (Å²) in [7, 11) is 1.72. The Labute approximate surface area is 210 Å². The Morgan fingerprint density at radius 1 is 1.14 bits per heavy atom. The quantitative estimate of drug-likeness (QED) is 0.516. The molecule has 2 aliphatic rings. The van der Waals surface area contributed by atoms with Crippen molar-refractivity contribution in [3.63, 3.8) is 0 Å². The minimum Gasteiger partial charge on any atom is -0.366 e. The third-order valence-corrected chi connectivity index (χ3v) is 7.41. The summed E-state index contributed by atoms with van der Waals surface area (Å²) < 4.78 is 44.2. The molecule has 2 heterocycles. The highest BCUT2D eigenvalue weighted by atomic mass is 35.5. The number of imidazole rings is 1. The highest BCUT2D eigenvalue weighted by Gasteiger charge is 2.50. The Bertz CT molecular complexity index is 1360. The smallest absolute Gasteiger partial charge is 0.274 e. The molecule has 7 nitrogen and oxygen atoms in total. The van der Waals surface area contributed by atoms with Crippen molar-refractivity contribution >= 4 is 34.8 Å². The summed E-state index contributed by atoms with van der Waals surface area (Å²) in [6.45, 7) is 0.908. The van der Waals surface area contributed by atoms with Gasteiger partial charge in [-0.05, 0) is 49.6 Å². The number of halogens is 4. The summed E-state index contributed by atoms with van der Waals surface area (Å²) in [6, 6.07) is 5.86. The van der Waals surface area contributed by atoms with Gasteiger partial charge in [0.2, 0.25) is 5.91 Å². The van der Waals surface area contributed by atoms with Gasteiger partial charge < -0.3 is 20.5 Å². The largest absolute Gasteiger partial charge is 0.366 e. The summed E-state index contributed by atoms with van der Waals surface area (Å²) in [5.41, 5.74) is 6.02. The van der Waals surface area contributed by atoms with Crippen molar-refractivity contribution < 1.29 is 22.8 Å². The number of aromatic nitrogens is 2. The Morgan fingerprint density at radius 2 is 1.83 bits per heavy atom. The van der Waals surface area contributed by atoms with E-state index in [1.54, 1.807) is 22.8 Å². The van der Waals surface area contributed by atoms with E-state index in [0.29, 0.717) is 36.6 Å². The number of hydrogen-bond acceptors (Lipinski definition) is 4. The summed E-state index contributed by atoms with van der Waals surface area (Å²) in [5.74, 6) is -3.50. The first-order valence-electron chi connectivity index (χ1n) is 11.4. The van der Waals surface area contributed by atoms with Crippen molar-refractivity contribution in [2.24, 2.45) is 18.2 Å². The van der Waals surface area contributed by atoms with Crippen LogP contribution >= 0.6 is 11.6 Å². The van der Waals surface area contributed by atoms with E-state index in [4.69, 9.17) is 17.3 Å². The van der Waals surface area contributed by atoms with Gasteiger partial charge in [0.05, 0.1) is 17.0 Å². The van der Waals surface area contributed by atoms with Gasteiger partial charge in [-0.1, -0.05) is 11.6 Å². The number of carbonyl (C=O) groups excluding carboxylic acids is 2. The number of benzene rings is 2. The minimum atomic E-state index is -0.893. The fourth-order valence-corrected chi connectivity index (χ4v) is 5.63. The van der Waals surface area contributed by atoms with Crippen LogP contribution < -0.4 is 16.0 Å². The second-order valence-corrected chi connectivity index (χ2v) is 10.0. The van der Waals surface area contributed by atoms with Gasteiger partial charge in [-0.15, -0.1) is 0 Å². The molecule has 11 heteroatoms. The maximum absolute atomic E-state index is 14.6. The average Bonchev–Trinajstić information content (AvgIpc) is 3.39. The van der Waals surface area contributed by atoms with E-state index in [1.165, 1.54) is 18.2 Å². The van der Waals surface area contributed by atoms with Crippen LogP contribution in [0.5, 0.6) is 0 Å². The lowest BCUT2D eigenvalue weighted by Gasteiger charge is -2.50. The summed E-state index contributed by atoms with van der Waals surface area (Å²) in [6.07, 6.45) is 3.89. The molecule has 2 amide bonds. The van der Waals surface area contributed by atoms with Crippen LogP contribution in [0.4, 0.5) is 24.5 Å². The van der Waals surface area contributed by atoms with Crippen LogP contribution in [0, 0.1) is 22.9 Å². The third-order valence-electron chi connectivity index (χ3n) is 7.12. The molecule has 1 unspecified atom stereocenters. The summed E-state index contributed by atoms with van der Waals surface area (Å²) >= 11 is 5.82. The van der Waals surface area contributed by atoms with Gasteiger partial charge in [-0.2, -0.15) is 0 Å². The SMILES string of the molecule is Cn1cnc(C2CCC3(C2)CN(c2c(F)cc(C(N)=O)cc2F)C3)c1C(=O)Nc1ccc(F)c(Cl)c1. The molecule has 1 aliphatic carbocycles. The van der Waals surface area contributed by atoms with Crippen LogP contribution in [-0.4, -0.2) is 34.5 Å². The number of aryl methyl sites for hydroxylation is 1. The maximum Gasteiger partial charge on any atom is 0.274 e. The number of carbonyl (C=O) groups is 2. The van der Waals surface area contributed by atoms with Gasteiger partial charge in [0, 0.05) is 42.7 Å². The van der Waals surface area contributed by atoms with Crippen molar-refractivity contribution in [1.29, 1.82) is 0 Å². The molecule has 0 radical (unpaired) electrons. The van der Waals surface area contributed by atoms with Gasteiger partial charge in [0.15, 0.2) is 0 Å². The second kappa shape index (κ2) is 8.85. The highest BCUT2D eigenvalue weighted by molar-refractivity contribution is 6.31. The Kier molecular flexibility index (Phi) is 5.94. The number of nitrogens with one attached hydrogen (secondary N) is 1. The third kappa shape index (κ3) is 4.19. The van der Waals surface area contributed by atoms with E-state index >= 15 is 0 Å². The lowest BCUT2D eigenvalue weighted by molar-refractivity contribution is 0.0995. The first-order valence-corrected chi connectivity index (χ1v) is 11.8. The van der Waals surface area contributed by atoms with E-state index < -0.39 is 23.4 Å². The lowest BCUT2D eigenvalue weighted by atomic mass is 9.77. The Balaban J connectivity index is 1.30. The first kappa shape index (κ1) is 24.2. The molecular weight excluding hydrogens is 495 g/mol. The van der Waals surface area contributed by atoms with Crippen LogP contribution in [0.2, 0.25) is 5.02 Å². The summed E-state index contributed by atoms with van der Waals surface area (Å²) in [5, 5.41) is 2.65. The molecule has 1 saturated carbocycles. The van der Waals surface area contributed by atoms with Crippen LogP contribution in [0.3, 0.4) is 0 Å². The topological polar surface area (TPSA) is 93.2 Å². The van der Waals surface area contributed by atoms with Crippen LogP contribution in [-0.2, 0) is 7.05 Å². The van der Waals surface area contributed by atoms with Crippen molar-refractivity contribution in [3.8, 4) is 0 Å². The molecular formula is C25H23ClF3N5O2. The number of nitrogens with zero attached hydrogens (tertiary/aromatic N) is 3. The fourth-order valence-electron chi connectivity index (χ4n) is 5.45. The Morgan fingerprint density at radius 3 is 2.47 bits per heavy atom. The maximum atomic E-state index is 14.6. The normalized spacial score (nSPS) is 18.4. The van der Waals surface area contributed by atoms with Crippen molar-refractivity contribution in [2.45, 2.75) is 25.2 Å². The van der Waals surface area contributed by atoms with Crippen LogP contribution in [0.25, 0.3) is 0 Å². The van der Waals surface area contributed by atoms with E-state index in [-0.39, 0.29) is 33.5 Å². The number of nitrogens with two attached hydrogens (primary N) is 1. The van der Waals surface area contributed by atoms with E-state index in [2.05, 4.69) is 10.3 Å². The van der Waals surface area contributed by atoms with Gasteiger partial charge in [-0.3, -0.25) is 9.59 Å². The van der Waals surface area contributed by atoms with Crippen LogP contribution in [0.15, 0.2) is 36.7 Å². The molecule has 1 saturated heterocycles. The van der Waals surface area contributed by atoms with E-state index in [0.717, 1.165) is 25.0 Å². The molecule has 1 atom stereocenters. The number of rotatable bonds is 5. The molecule has 3 aromatic rings. The average molecular weight is 518 g/mol. The number of amides is 2. The van der Waals surface area contributed by atoms with E-state index in [1.807, 2.05) is 0 Å². The predicted octanol–water partition coefficient (Wildman–Crippen LogP) is 4.62. The molecule has 188 valence electrons. The molecule has 5 rings (SSSR count). The standard InChI is InChI=1S/C25H23ClF3N5O2/c1-33-12-31-20(22(33)24(36)32-15-2-3-17(27)16(26)8-15)13-4-5-25(9-13)10-34(11-25)21-18(28)6-14(23(30)35)7-19(21)29/h2-3,6-8,12-13H,4-5,9-11H2,1H3,(H2,30,35)(H,32,36). The van der Waals surface area contributed by atoms with Crippen molar-refractivity contribution in [2.75, 3.05) is 23.3 Å². The Hall–Kier alpha value is -3.53. The molecule has 3 N–H and O–H groups in total. The number of hydrogen-bond donors (Lipinski definition) is 2. The zero-order valence-electron chi connectivity index (χ0n) is 19.3. The molecule has 0 bridgehead atoms.